The van der Waals surface area contributed by atoms with Gasteiger partial charge in [-0.2, -0.15) is 5.10 Å². The second-order valence-electron chi connectivity index (χ2n) is 4.66. The second kappa shape index (κ2) is 3.09. The van der Waals surface area contributed by atoms with E-state index in [4.69, 9.17) is 0 Å². The van der Waals surface area contributed by atoms with E-state index in [0.717, 1.165) is 5.92 Å². The summed E-state index contributed by atoms with van der Waals surface area (Å²) in [6.45, 7) is 4.28. The summed E-state index contributed by atoms with van der Waals surface area (Å²) in [4.78, 5) is 0. The van der Waals surface area contributed by atoms with E-state index >= 15 is 0 Å². The number of aromatic nitrogens is 2. The summed E-state index contributed by atoms with van der Waals surface area (Å²) in [7, 11) is 0. The van der Waals surface area contributed by atoms with Crippen LogP contribution in [0.15, 0.2) is 18.3 Å². The van der Waals surface area contributed by atoms with Crippen LogP contribution in [0.3, 0.4) is 0 Å². The lowest BCUT2D eigenvalue weighted by molar-refractivity contribution is 0.420. The van der Waals surface area contributed by atoms with Gasteiger partial charge >= 0.3 is 0 Å². The maximum Gasteiger partial charge on any atom is 0.0701 e. The fraction of sp³-hybridized carbons (Fsp3) is 0.462. The maximum absolute atomic E-state index is 4.57. The molecule has 0 amide bonds. The first-order valence-electron chi connectivity index (χ1n) is 5.71. The van der Waals surface area contributed by atoms with Gasteiger partial charge in [0.05, 0.1) is 11.2 Å². The van der Waals surface area contributed by atoms with Crippen molar-refractivity contribution in [3.63, 3.8) is 0 Å². The van der Waals surface area contributed by atoms with E-state index in [0.29, 0.717) is 0 Å². The largest absolute Gasteiger partial charge is 0.240 e. The lowest BCUT2D eigenvalue weighted by Gasteiger charge is -2.25. The van der Waals surface area contributed by atoms with Crippen molar-refractivity contribution in [2.75, 3.05) is 0 Å². The highest BCUT2D eigenvalue weighted by Crippen LogP contribution is 2.39. The van der Waals surface area contributed by atoms with Crippen LogP contribution >= 0.6 is 0 Å². The molecule has 2 heteroatoms. The van der Waals surface area contributed by atoms with Crippen LogP contribution in [-0.4, -0.2) is 9.61 Å². The van der Waals surface area contributed by atoms with Crippen LogP contribution in [0.5, 0.6) is 0 Å². The van der Waals surface area contributed by atoms with Gasteiger partial charge in [0.1, 0.15) is 0 Å². The molecule has 0 radical (unpaired) electrons. The SMILES string of the molecule is Cc1ccn2nc(C)c(C3CCC3)c2c1. The first-order chi connectivity index (χ1) is 7.25. The molecule has 78 valence electrons. The Morgan fingerprint density at radius 3 is 2.80 bits per heavy atom. The summed E-state index contributed by atoms with van der Waals surface area (Å²) in [5, 5.41) is 4.57. The number of fused-ring (bicyclic) bond motifs is 1. The minimum absolute atomic E-state index is 0.768. The predicted molar refractivity (Wildman–Crippen MR) is 61.3 cm³/mol. The Balaban J connectivity index is 2.25. The molecular weight excluding hydrogens is 184 g/mol. The Morgan fingerprint density at radius 2 is 2.13 bits per heavy atom. The van der Waals surface area contributed by atoms with Gasteiger partial charge in [-0.1, -0.05) is 6.42 Å². The van der Waals surface area contributed by atoms with Gasteiger partial charge in [-0.15, -0.1) is 0 Å². The molecule has 1 fully saturated rings. The van der Waals surface area contributed by atoms with E-state index in [1.807, 2.05) is 4.52 Å². The maximum atomic E-state index is 4.57. The van der Waals surface area contributed by atoms with Gasteiger partial charge in [-0.25, -0.2) is 4.52 Å². The van der Waals surface area contributed by atoms with Crippen molar-refractivity contribution in [2.45, 2.75) is 39.0 Å². The monoisotopic (exact) mass is 200 g/mol. The standard InChI is InChI=1S/C13H16N2/c1-9-6-7-15-12(8-9)13(10(2)14-15)11-4-3-5-11/h6-8,11H,3-5H2,1-2H3. The molecule has 0 aromatic carbocycles. The zero-order chi connectivity index (χ0) is 10.4. The second-order valence-corrected chi connectivity index (χ2v) is 4.66. The molecule has 1 aliphatic carbocycles. The van der Waals surface area contributed by atoms with E-state index in [1.54, 1.807) is 0 Å². The minimum Gasteiger partial charge on any atom is -0.240 e. The molecule has 0 aliphatic heterocycles. The predicted octanol–water partition coefficient (Wildman–Crippen LogP) is 3.22. The fourth-order valence-corrected chi connectivity index (χ4v) is 2.49. The van der Waals surface area contributed by atoms with Crippen LogP contribution in [0, 0.1) is 13.8 Å². The van der Waals surface area contributed by atoms with Gasteiger partial charge in [0.15, 0.2) is 0 Å². The third-order valence-electron chi connectivity index (χ3n) is 3.53. The van der Waals surface area contributed by atoms with Gasteiger partial charge in [-0.3, -0.25) is 0 Å². The number of aryl methyl sites for hydroxylation is 2. The highest BCUT2D eigenvalue weighted by atomic mass is 15.2. The summed E-state index contributed by atoms with van der Waals surface area (Å²) < 4.78 is 2.02. The molecule has 2 aromatic heterocycles. The number of hydrogen-bond donors (Lipinski definition) is 0. The molecule has 0 saturated heterocycles. The highest BCUT2D eigenvalue weighted by molar-refractivity contribution is 5.59. The van der Waals surface area contributed by atoms with Crippen molar-refractivity contribution >= 4 is 5.52 Å². The Kier molecular flexibility index (Phi) is 1.84. The number of rotatable bonds is 1. The van der Waals surface area contributed by atoms with Crippen molar-refractivity contribution in [1.82, 2.24) is 9.61 Å². The minimum atomic E-state index is 0.768. The molecule has 0 atom stereocenters. The molecule has 2 aromatic rings. The average Bonchev–Trinajstić information content (AvgIpc) is 2.42. The van der Waals surface area contributed by atoms with Crippen molar-refractivity contribution in [3.05, 3.63) is 35.2 Å². The van der Waals surface area contributed by atoms with Crippen LogP contribution in [0.2, 0.25) is 0 Å². The zero-order valence-corrected chi connectivity index (χ0v) is 9.33. The lowest BCUT2D eigenvalue weighted by Crippen LogP contribution is -2.09. The van der Waals surface area contributed by atoms with Gasteiger partial charge in [-0.05, 0) is 50.3 Å². The fourth-order valence-electron chi connectivity index (χ4n) is 2.49. The van der Waals surface area contributed by atoms with Gasteiger partial charge in [0, 0.05) is 11.8 Å². The van der Waals surface area contributed by atoms with Crippen LogP contribution in [0.4, 0.5) is 0 Å². The number of hydrogen-bond acceptors (Lipinski definition) is 1. The molecule has 3 rings (SSSR count). The summed E-state index contributed by atoms with van der Waals surface area (Å²) in [5.41, 5.74) is 5.34. The molecule has 1 saturated carbocycles. The molecule has 0 N–H and O–H groups in total. The third kappa shape index (κ3) is 1.28. The summed E-state index contributed by atoms with van der Waals surface area (Å²) in [6, 6.07) is 4.37. The quantitative estimate of drug-likeness (QED) is 0.691. The van der Waals surface area contributed by atoms with Crippen LogP contribution in [-0.2, 0) is 0 Å². The number of pyridine rings is 1. The normalized spacial score (nSPS) is 16.9. The van der Waals surface area contributed by atoms with E-state index in [-0.39, 0.29) is 0 Å². The van der Waals surface area contributed by atoms with Crippen molar-refractivity contribution in [2.24, 2.45) is 0 Å². The van der Waals surface area contributed by atoms with Crippen LogP contribution in [0.1, 0.15) is 42.0 Å². The van der Waals surface area contributed by atoms with E-state index in [9.17, 15) is 0 Å². The number of nitrogens with zero attached hydrogens (tertiary/aromatic N) is 2. The first-order valence-corrected chi connectivity index (χ1v) is 5.71. The molecule has 15 heavy (non-hydrogen) atoms. The van der Waals surface area contributed by atoms with E-state index in [1.165, 1.54) is 41.6 Å². The Labute approximate surface area is 89.9 Å². The van der Waals surface area contributed by atoms with Gasteiger partial charge < -0.3 is 0 Å². The van der Waals surface area contributed by atoms with Crippen LogP contribution < -0.4 is 0 Å². The van der Waals surface area contributed by atoms with Crippen LogP contribution in [0.25, 0.3) is 5.52 Å². The summed E-state index contributed by atoms with van der Waals surface area (Å²) in [5.74, 6) is 0.768. The Hall–Kier alpha value is -1.31. The van der Waals surface area contributed by atoms with Crippen molar-refractivity contribution in [3.8, 4) is 0 Å². The van der Waals surface area contributed by atoms with E-state index < -0.39 is 0 Å². The van der Waals surface area contributed by atoms with Crippen molar-refractivity contribution < 1.29 is 0 Å². The van der Waals surface area contributed by atoms with E-state index in [2.05, 4.69) is 37.3 Å². The smallest absolute Gasteiger partial charge is 0.0701 e. The molecule has 1 aliphatic rings. The molecule has 2 nitrogen and oxygen atoms in total. The Morgan fingerprint density at radius 1 is 1.33 bits per heavy atom. The molecule has 0 unspecified atom stereocenters. The Bertz CT molecular complexity index is 506. The zero-order valence-electron chi connectivity index (χ0n) is 9.33. The molecular formula is C13H16N2. The third-order valence-corrected chi connectivity index (χ3v) is 3.53. The molecule has 0 spiro atoms. The summed E-state index contributed by atoms with van der Waals surface area (Å²) in [6.07, 6.45) is 6.14. The lowest BCUT2D eigenvalue weighted by atomic mass is 9.79. The molecule has 0 bridgehead atoms. The van der Waals surface area contributed by atoms with Gasteiger partial charge in [0.25, 0.3) is 0 Å². The average molecular weight is 200 g/mol. The topological polar surface area (TPSA) is 17.3 Å². The highest BCUT2D eigenvalue weighted by Gasteiger charge is 2.25. The summed E-state index contributed by atoms with van der Waals surface area (Å²) >= 11 is 0. The first kappa shape index (κ1) is 8.96. The van der Waals surface area contributed by atoms with Crippen molar-refractivity contribution in [1.29, 1.82) is 0 Å². The molecule has 2 heterocycles. The van der Waals surface area contributed by atoms with Gasteiger partial charge in [0.2, 0.25) is 0 Å².